The second kappa shape index (κ2) is 5.89. The minimum absolute atomic E-state index is 0.0964. The number of esters is 1. The SMILES string of the molecule is CCOC(=O)Cc1ccc(Br)c(C(F)F)n1. The molecule has 1 aromatic heterocycles. The molecule has 0 saturated carbocycles. The molecular formula is C10H10BrF2NO2. The van der Waals surface area contributed by atoms with E-state index in [-0.39, 0.29) is 28.9 Å². The van der Waals surface area contributed by atoms with Crippen LogP contribution in [0.15, 0.2) is 16.6 Å². The van der Waals surface area contributed by atoms with Crippen molar-refractivity contribution in [1.29, 1.82) is 0 Å². The van der Waals surface area contributed by atoms with Gasteiger partial charge in [-0.1, -0.05) is 0 Å². The summed E-state index contributed by atoms with van der Waals surface area (Å²) in [6.07, 6.45) is -2.77. The van der Waals surface area contributed by atoms with Crippen molar-refractivity contribution in [2.45, 2.75) is 19.8 Å². The number of aromatic nitrogens is 1. The lowest BCUT2D eigenvalue weighted by molar-refractivity contribution is -0.142. The molecule has 0 aliphatic heterocycles. The topological polar surface area (TPSA) is 39.2 Å². The van der Waals surface area contributed by atoms with Crippen molar-refractivity contribution in [3.8, 4) is 0 Å². The van der Waals surface area contributed by atoms with E-state index in [4.69, 9.17) is 4.74 Å². The van der Waals surface area contributed by atoms with Gasteiger partial charge < -0.3 is 4.74 Å². The number of pyridine rings is 1. The first-order valence-electron chi connectivity index (χ1n) is 4.63. The van der Waals surface area contributed by atoms with Gasteiger partial charge in [0.1, 0.15) is 5.69 Å². The molecule has 0 bridgehead atoms. The van der Waals surface area contributed by atoms with Gasteiger partial charge in [-0.3, -0.25) is 9.78 Å². The number of halogens is 3. The van der Waals surface area contributed by atoms with Crippen LogP contribution in [0.5, 0.6) is 0 Å². The van der Waals surface area contributed by atoms with Crippen LogP contribution < -0.4 is 0 Å². The Kier molecular flexibility index (Phi) is 4.79. The number of alkyl halides is 2. The Labute approximate surface area is 99.9 Å². The Hall–Kier alpha value is -1.04. The van der Waals surface area contributed by atoms with E-state index in [0.29, 0.717) is 0 Å². The second-order valence-electron chi connectivity index (χ2n) is 2.95. The largest absolute Gasteiger partial charge is 0.466 e. The van der Waals surface area contributed by atoms with Crippen LogP contribution in [-0.2, 0) is 16.0 Å². The van der Waals surface area contributed by atoms with Crippen LogP contribution in [0.2, 0.25) is 0 Å². The zero-order chi connectivity index (χ0) is 12.1. The molecule has 0 aliphatic rings. The minimum Gasteiger partial charge on any atom is -0.466 e. The average molecular weight is 294 g/mol. The fraction of sp³-hybridized carbons (Fsp3) is 0.400. The summed E-state index contributed by atoms with van der Waals surface area (Å²) in [6.45, 7) is 1.94. The minimum atomic E-state index is -2.67. The number of carbonyl (C=O) groups is 1. The summed E-state index contributed by atoms with van der Waals surface area (Å²) in [5.74, 6) is -0.475. The Balaban J connectivity index is 2.82. The predicted octanol–water partition coefficient (Wildman–Crippen LogP) is 2.89. The van der Waals surface area contributed by atoms with Gasteiger partial charge in [-0.15, -0.1) is 0 Å². The van der Waals surface area contributed by atoms with Crippen LogP contribution in [0, 0.1) is 0 Å². The monoisotopic (exact) mass is 293 g/mol. The molecule has 6 heteroatoms. The molecule has 1 aromatic rings. The third kappa shape index (κ3) is 3.52. The highest BCUT2D eigenvalue weighted by molar-refractivity contribution is 9.10. The molecule has 16 heavy (non-hydrogen) atoms. The van der Waals surface area contributed by atoms with Crippen molar-refractivity contribution in [2.75, 3.05) is 6.61 Å². The van der Waals surface area contributed by atoms with E-state index in [0.717, 1.165) is 0 Å². The zero-order valence-corrected chi connectivity index (χ0v) is 10.1. The van der Waals surface area contributed by atoms with Crippen molar-refractivity contribution in [3.05, 3.63) is 28.0 Å². The molecule has 0 atom stereocenters. The Morgan fingerprint density at radius 3 is 2.81 bits per heavy atom. The van der Waals surface area contributed by atoms with Crippen molar-refractivity contribution in [3.63, 3.8) is 0 Å². The van der Waals surface area contributed by atoms with Crippen LogP contribution >= 0.6 is 15.9 Å². The fourth-order valence-electron chi connectivity index (χ4n) is 1.11. The van der Waals surface area contributed by atoms with Gasteiger partial charge >= 0.3 is 5.97 Å². The first kappa shape index (κ1) is 13.0. The van der Waals surface area contributed by atoms with Gasteiger partial charge in [0.2, 0.25) is 0 Å². The van der Waals surface area contributed by atoms with Gasteiger partial charge in [-0.25, -0.2) is 8.78 Å². The van der Waals surface area contributed by atoms with E-state index < -0.39 is 12.4 Å². The highest BCUT2D eigenvalue weighted by atomic mass is 79.9. The highest BCUT2D eigenvalue weighted by Gasteiger charge is 2.15. The maximum absolute atomic E-state index is 12.5. The first-order chi connectivity index (χ1) is 7.54. The maximum Gasteiger partial charge on any atom is 0.311 e. The van der Waals surface area contributed by atoms with Crippen molar-refractivity contribution >= 4 is 21.9 Å². The van der Waals surface area contributed by atoms with E-state index in [1.807, 2.05) is 0 Å². The smallest absolute Gasteiger partial charge is 0.311 e. The third-order valence-corrected chi connectivity index (χ3v) is 2.44. The van der Waals surface area contributed by atoms with Gasteiger partial charge in [-0.05, 0) is 35.0 Å². The number of hydrogen-bond donors (Lipinski definition) is 0. The third-order valence-electron chi connectivity index (χ3n) is 1.77. The van der Waals surface area contributed by atoms with Crippen LogP contribution in [0.25, 0.3) is 0 Å². The van der Waals surface area contributed by atoms with E-state index in [9.17, 15) is 13.6 Å². The van der Waals surface area contributed by atoms with Crippen molar-refractivity contribution in [1.82, 2.24) is 4.98 Å². The molecule has 0 aromatic carbocycles. The molecule has 3 nitrogen and oxygen atoms in total. The number of nitrogens with zero attached hydrogens (tertiary/aromatic N) is 1. The van der Waals surface area contributed by atoms with E-state index in [1.165, 1.54) is 12.1 Å². The lowest BCUT2D eigenvalue weighted by Crippen LogP contribution is -2.09. The summed E-state index contributed by atoms with van der Waals surface area (Å²) in [6, 6.07) is 2.95. The Morgan fingerprint density at radius 2 is 2.25 bits per heavy atom. The van der Waals surface area contributed by atoms with Crippen LogP contribution in [0.1, 0.15) is 24.7 Å². The fourth-order valence-corrected chi connectivity index (χ4v) is 1.51. The number of hydrogen-bond acceptors (Lipinski definition) is 3. The molecule has 1 rings (SSSR count). The maximum atomic E-state index is 12.5. The van der Waals surface area contributed by atoms with Crippen LogP contribution in [0.4, 0.5) is 8.78 Å². The molecule has 0 radical (unpaired) electrons. The normalized spacial score (nSPS) is 10.6. The molecule has 0 spiro atoms. The van der Waals surface area contributed by atoms with E-state index in [2.05, 4.69) is 20.9 Å². The average Bonchev–Trinajstić information content (AvgIpc) is 2.21. The Morgan fingerprint density at radius 1 is 1.56 bits per heavy atom. The molecule has 0 fully saturated rings. The van der Waals surface area contributed by atoms with Gasteiger partial charge in [0.15, 0.2) is 0 Å². The van der Waals surface area contributed by atoms with Crippen LogP contribution in [0.3, 0.4) is 0 Å². The summed E-state index contributed by atoms with van der Waals surface area (Å²) in [7, 11) is 0. The molecule has 0 saturated heterocycles. The van der Waals surface area contributed by atoms with E-state index in [1.54, 1.807) is 6.92 Å². The number of rotatable bonds is 4. The summed E-state index contributed by atoms with van der Waals surface area (Å²) >= 11 is 2.97. The van der Waals surface area contributed by atoms with Gasteiger partial charge in [0.05, 0.1) is 18.7 Å². The molecule has 1 heterocycles. The second-order valence-corrected chi connectivity index (χ2v) is 3.81. The molecule has 0 N–H and O–H groups in total. The summed E-state index contributed by atoms with van der Waals surface area (Å²) in [5, 5.41) is 0. The Bertz CT molecular complexity index is 385. The number of ether oxygens (including phenoxy) is 1. The molecular weight excluding hydrogens is 284 g/mol. The lowest BCUT2D eigenvalue weighted by Gasteiger charge is -2.05. The quantitative estimate of drug-likeness (QED) is 0.802. The highest BCUT2D eigenvalue weighted by Crippen LogP contribution is 2.25. The van der Waals surface area contributed by atoms with Crippen LogP contribution in [-0.4, -0.2) is 17.6 Å². The van der Waals surface area contributed by atoms with Crippen molar-refractivity contribution in [2.24, 2.45) is 0 Å². The summed E-state index contributed by atoms with van der Waals surface area (Å²) in [5.41, 5.74) is -0.0845. The van der Waals surface area contributed by atoms with Gasteiger partial charge in [-0.2, -0.15) is 0 Å². The van der Waals surface area contributed by atoms with Gasteiger partial charge in [0.25, 0.3) is 6.43 Å². The van der Waals surface area contributed by atoms with Crippen molar-refractivity contribution < 1.29 is 18.3 Å². The number of carbonyl (C=O) groups excluding carboxylic acids is 1. The first-order valence-corrected chi connectivity index (χ1v) is 5.43. The zero-order valence-electron chi connectivity index (χ0n) is 8.54. The van der Waals surface area contributed by atoms with Gasteiger partial charge in [0, 0.05) is 4.47 Å². The molecule has 88 valence electrons. The molecule has 0 amide bonds. The molecule has 0 aliphatic carbocycles. The lowest BCUT2D eigenvalue weighted by atomic mass is 10.2. The standard InChI is InChI=1S/C10H10BrF2NO2/c1-2-16-8(15)5-6-3-4-7(11)9(14-6)10(12)13/h3-4,10H,2,5H2,1H3. The predicted molar refractivity (Wildman–Crippen MR) is 57.2 cm³/mol. The molecule has 0 unspecified atom stereocenters. The van der Waals surface area contributed by atoms with E-state index >= 15 is 0 Å². The summed E-state index contributed by atoms with van der Waals surface area (Å²) < 4.78 is 29.9. The summed E-state index contributed by atoms with van der Waals surface area (Å²) in [4.78, 5) is 14.8.